The van der Waals surface area contributed by atoms with Crippen molar-refractivity contribution in [3.05, 3.63) is 71.3 Å². The maximum atomic E-state index is 14.7. The van der Waals surface area contributed by atoms with Crippen LogP contribution in [-0.2, 0) is 4.74 Å². The van der Waals surface area contributed by atoms with Crippen LogP contribution in [0.15, 0.2) is 47.5 Å². The van der Waals surface area contributed by atoms with Gasteiger partial charge in [0, 0.05) is 5.56 Å². The standard InChI is InChI=1S/C19H11F4NO/c20-15-13(12-7-3-5-10-4-1-2-6-11(10)12)14(19-24-8-9-25-19)16(21)18(23)17(15)22/h1-7H,8-9H2. The molecule has 0 radical (unpaired) electrons. The van der Waals surface area contributed by atoms with Crippen LogP contribution in [0, 0.1) is 23.3 Å². The van der Waals surface area contributed by atoms with Gasteiger partial charge in [-0.2, -0.15) is 0 Å². The van der Waals surface area contributed by atoms with Gasteiger partial charge >= 0.3 is 0 Å². The number of fused-ring (bicyclic) bond motifs is 1. The van der Waals surface area contributed by atoms with Crippen molar-refractivity contribution in [1.82, 2.24) is 0 Å². The van der Waals surface area contributed by atoms with Gasteiger partial charge in [0.05, 0.1) is 12.1 Å². The molecular weight excluding hydrogens is 334 g/mol. The second-order valence-corrected chi connectivity index (χ2v) is 5.57. The first-order valence-electron chi connectivity index (χ1n) is 7.61. The molecule has 1 aliphatic rings. The first-order chi connectivity index (χ1) is 12.1. The second-order valence-electron chi connectivity index (χ2n) is 5.57. The summed E-state index contributed by atoms with van der Waals surface area (Å²) < 4.78 is 62.1. The van der Waals surface area contributed by atoms with Crippen molar-refractivity contribution in [2.24, 2.45) is 4.99 Å². The Morgan fingerprint density at radius 1 is 0.760 bits per heavy atom. The number of hydrogen-bond acceptors (Lipinski definition) is 2. The van der Waals surface area contributed by atoms with E-state index in [0.29, 0.717) is 5.39 Å². The van der Waals surface area contributed by atoms with Crippen molar-refractivity contribution in [3.63, 3.8) is 0 Å². The van der Waals surface area contributed by atoms with Gasteiger partial charge in [-0.25, -0.2) is 22.6 Å². The highest BCUT2D eigenvalue weighted by Gasteiger charge is 2.31. The molecule has 1 heterocycles. The van der Waals surface area contributed by atoms with E-state index in [1.54, 1.807) is 36.4 Å². The van der Waals surface area contributed by atoms with Crippen molar-refractivity contribution >= 4 is 16.7 Å². The molecule has 0 unspecified atom stereocenters. The lowest BCUT2D eigenvalue weighted by atomic mass is 9.93. The molecular formula is C19H11F4NO. The Labute approximate surface area is 140 Å². The summed E-state index contributed by atoms with van der Waals surface area (Å²) in [5.41, 5.74) is -0.652. The number of halogens is 4. The third kappa shape index (κ3) is 2.36. The van der Waals surface area contributed by atoms with Crippen molar-refractivity contribution < 1.29 is 22.3 Å². The number of ether oxygens (including phenoxy) is 1. The van der Waals surface area contributed by atoms with Crippen LogP contribution in [0.3, 0.4) is 0 Å². The van der Waals surface area contributed by atoms with E-state index in [1.807, 2.05) is 0 Å². The fraction of sp³-hybridized carbons (Fsp3) is 0.105. The largest absolute Gasteiger partial charge is 0.475 e. The average Bonchev–Trinajstić information content (AvgIpc) is 3.16. The minimum Gasteiger partial charge on any atom is -0.475 e. The second kappa shape index (κ2) is 5.88. The van der Waals surface area contributed by atoms with Gasteiger partial charge in [-0.3, -0.25) is 0 Å². The molecule has 4 rings (SSSR count). The first-order valence-corrected chi connectivity index (χ1v) is 7.61. The molecule has 2 nitrogen and oxygen atoms in total. The molecule has 3 aromatic rings. The summed E-state index contributed by atoms with van der Waals surface area (Å²) >= 11 is 0. The molecule has 0 bridgehead atoms. The highest BCUT2D eigenvalue weighted by Crippen LogP contribution is 2.37. The Morgan fingerprint density at radius 2 is 1.44 bits per heavy atom. The lowest BCUT2D eigenvalue weighted by molar-refractivity contribution is 0.344. The van der Waals surface area contributed by atoms with Gasteiger partial charge in [-0.15, -0.1) is 0 Å². The Bertz CT molecular complexity index is 1020. The van der Waals surface area contributed by atoms with Crippen LogP contribution >= 0.6 is 0 Å². The van der Waals surface area contributed by atoms with Crippen LogP contribution in [0.25, 0.3) is 21.9 Å². The Hall–Kier alpha value is -2.89. The van der Waals surface area contributed by atoms with E-state index in [4.69, 9.17) is 4.74 Å². The van der Waals surface area contributed by atoms with Crippen molar-refractivity contribution in [2.45, 2.75) is 0 Å². The van der Waals surface area contributed by atoms with Crippen LogP contribution in [-0.4, -0.2) is 19.0 Å². The lowest BCUT2D eigenvalue weighted by Gasteiger charge is -2.15. The van der Waals surface area contributed by atoms with Crippen LogP contribution < -0.4 is 0 Å². The average molecular weight is 345 g/mol. The van der Waals surface area contributed by atoms with Crippen molar-refractivity contribution in [2.75, 3.05) is 13.2 Å². The molecule has 0 atom stereocenters. The number of nitrogens with zero attached hydrogens (tertiary/aromatic N) is 1. The normalized spacial score (nSPS) is 13.8. The molecule has 0 saturated heterocycles. The molecule has 126 valence electrons. The summed E-state index contributed by atoms with van der Waals surface area (Å²) in [6.07, 6.45) is 0. The Kier molecular flexibility index (Phi) is 3.67. The van der Waals surface area contributed by atoms with Crippen LogP contribution in [0.5, 0.6) is 0 Å². The molecule has 0 saturated carbocycles. The predicted molar refractivity (Wildman–Crippen MR) is 86.6 cm³/mol. The number of benzene rings is 3. The van der Waals surface area contributed by atoms with Crippen LogP contribution in [0.4, 0.5) is 17.6 Å². The highest BCUT2D eigenvalue weighted by atomic mass is 19.2. The quantitative estimate of drug-likeness (QED) is 0.370. The van der Waals surface area contributed by atoms with Gasteiger partial charge in [-0.1, -0.05) is 42.5 Å². The molecule has 0 spiro atoms. The molecule has 3 aromatic carbocycles. The lowest BCUT2D eigenvalue weighted by Crippen LogP contribution is -2.13. The van der Waals surface area contributed by atoms with E-state index in [0.717, 1.165) is 5.39 Å². The summed E-state index contributed by atoms with van der Waals surface area (Å²) in [5.74, 6) is -6.94. The number of aliphatic imine (C=N–C) groups is 1. The monoisotopic (exact) mass is 345 g/mol. The summed E-state index contributed by atoms with van der Waals surface area (Å²) in [4.78, 5) is 3.94. The minimum atomic E-state index is -1.88. The topological polar surface area (TPSA) is 21.6 Å². The summed E-state index contributed by atoms with van der Waals surface area (Å²) in [6, 6.07) is 12.0. The maximum Gasteiger partial charge on any atom is 0.220 e. The minimum absolute atomic E-state index is 0.171. The Balaban J connectivity index is 2.13. The van der Waals surface area contributed by atoms with Gasteiger partial charge in [0.25, 0.3) is 0 Å². The van der Waals surface area contributed by atoms with Gasteiger partial charge in [0.1, 0.15) is 6.61 Å². The van der Waals surface area contributed by atoms with Gasteiger partial charge in [0.15, 0.2) is 23.3 Å². The van der Waals surface area contributed by atoms with E-state index >= 15 is 0 Å². The summed E-state index contributed by atoms with van der Waals surface area (Å²) in [7, 11) is 0. The Morgan fingerprint density at radius 3 is 2.16 bits per heavy atom. The zero-order valence-electron chi connectivity index (χ0n) is 12.8. The highest BCUT2D eigenvalue weighted by molar-refractivity contribution is 6.06. The molecule has 0 fully saturated rings. The van der Waals surface area contributed by atoms with Gasteiger partial charge in [0.2, 0.25) is 5.90 Å². The van der Waals surface area contributed by atoms with Gasteiger partial charge < -0.3 is 4.74 Å². The molecule has 0 aromatic heterocycles. The van der Waals surface area contributed by atoms with E-state index in [1.165, 1.54) is 6.07 Å². The summed E-state index contributed by atoms with van der Waals surface area (Å²) in [5, 5.41) is 1.33. The summed E-state index contributed by atoms with van der Waals surface area (Å²) in [6.45, 7) is 0.411. The van der Waals surface area contributed by atoms with E-state index in [9.17, 15) is 17.6 Å². The van der Waals surface area contributed by atoms with Gasteiger partial charge in [-0.05, 0) is 16.3 Å². The van der Waals surface area contributed by atoms with Crippen LogP contribution in [0.1, 0.15) is 5.56 Å². The third-order valence-electron chi connectivity index (χ3n) is 4.13. The molecule has 6 heteroatoms. The van der Waals surface area contributed by atoms with Crippen LogP contribution in [0.2, 0.25) is 0 Å². The smallest absolute Gasteiger partial charge is 0.220 e. The van der Waals surface area contributed by atoms with Crippen molar-refractivity contribution in [3.8, 4) is 11.1 Å². The van der Waals surface area contributed by atoms with E-state index < -0.39 is 34.4 Å². The molecule has 1 aliphatic heterocycles. The number of hydrogen-bond donors (Lipinski definition) is 0. The first kappa shape index (κ1) is 15.6. The molecule has 0 N–H and O–H groups in total. The zero-order chi connectivity index (χ0) is 17.6. The van der Waals surface area contributed by atoms with E-state index in [-0.39, 0.29) is 24.6 Å². The number of rotatable bonds is 2. The zero-order valence-corrected chi connectivity index (χ0v) is 12.8. The molecule has 0 amide bonds. The SMILES string of the molecule is Fc1c(F)c(F)c(-c2cccc3ccccc23)c(C2=NCCO2)c1F. The fourth-order valence-electron chi connectivity index (χ4n) is 3.02. The van der Waals surface area contributed by atoms with E-state index in [2.05, 4.69) is 4.99 Å². The molecule has 25 heavy (non-hydrogen) atoms. The third-order valence-corrected chi connectivity index (χ3v) is 4.13. The fourth-order valence-corrected chi connectivity index (χ4v) is 3.02. The molecule has 0 aliphatic carbocycles. The maximum absolute atomic E-state index is 14.7. The van der Waals surface area contributed by atoms with Crippen molar-refractivity contribution in [1.29, 1.82) is 0 Å². The predicted octanol–water partition coefficient (Wildman–Crippen LogP) is 4.84.